The van der Waals surface area contributed by atoms with Crippen molar-refractivity contribution in [2.24, 2.45) is 10.7 Å². The number of nitrogens with one attached hydrogen (secondary N) is 1. The molecule has 0 amide bonds. The first-order valence-electron chi connectivity index (χ1n) is 7.50. The fourth-order valence-corrected chi connectivity index (χ4v) is 2.42. The third-order valence-electron chi connectivity index (χ3n) is 3.56. The average molecular weight is 275 g/mol. The third kappa shape index (κ3) is 5.57. The van der Waals surface area contributed by atoms with Crippen LogP contribution < -0.4 is 11.1 Å². The monoisotopic (exact) mass is 275 g/mol. The van der Waals surface area contributed by atoms with E-state index in [1.54, 1.807) is 0 Å². The molecule has 0 atom stereocenters. The molecule has 0 unspecified atom stereocenters. The van der Waals surface area contributed by atoms with Gasteiger partial charge in [0.2, 0.25) is 0 Å². The SMILES string of the molecule is NC(=NCCN1CCCCC1)NCCc1ccccn1. The van der Waals surface area contributed by atoms with E-state index >= 15 is 0 Å². The van der Waals surface area contributed by atoms with E-state index in [0.717, 1.165) is 31.7 Å². The summed E-state index contributed by atoms with van der Waals surface area (Å²) in [4.78, 5) is 11.1. The lowest BCUT2D eigenvalue weighted by Crippen LogP contribution is -2.35. The van der Waals surface area contributed by atoms with Gasteiger partial charge in [-0.2, -0.15) is 0 Å². The molecule has 0 spiro atoms. The smallest absolute Gasteiger partial charge is 0.188 e. The molecule has 5 nitrogen and oxygen atoms in total. The van der Waals surface area contributed by atoms with Crippen molar-refractivity contribution < 1.29 is 0 Å². The summed E-state index contributed by atoms with van der Waals surface area (Å²) in [6.45, 7) is 4.99. The molecule has 0 aromatic carbocycles. The summed E-state index contributed by atoms with van der Waals surface area (Å²) >= 11 is 0. The quantitative estimate of drug-likeness (QED) is 0.601. The molecule has 1 saturated heterocycles. The van der Waals surface area contributed by atoms with Crippen molar-refractivity contribution in [3.8, 4) is 0 Å². The molecule has 1 aromatic heterocycles. The average Bonchev–Trinajstić information content (AvgIpc) is 2.49. The van der Waals surface area contributed by atoms with Crippen LogP contribution in [0.15, 0.2) is 29.4 Å². The van der Waals surface area contributed by atoms with Crippen LogP contribution in [0, 0.1) is 0 Å². The van der Waals surface area contributed by atoms with Gasteiger partial charge in [-0.15, -0.1) is 0 Å². The van der Waals surface area contributed by atoms with Crippen LogP contribution in [-0.2, 0) is 6.42 Å². The highest BCUT2D eigenvalue weighted by Crippen LogP contribution is 2.07. The summed E-state index contributed by atoms with van der Waals surface area (Å²) in [5.74, 6) is 0.540. The number of aromatic nitrogens is 1. The Morgan fingerprint density at radius 3 is 2.90 bits per heavy atom. The van der Waals surface area contributed by atoms with Gasteiger partial charge in [0.1, 0.15) is 0 Å². The number of aliphatic imine (C=N–C) groups is 1. The molecule has 20 heavy (non-hydrogen) atoms. The Labute approximate surface area is 121 Å². The van der Waals surface area contributed by atoms with E-state index in [9.17, 15) is 0 Å². The van der Waals surface area contributed by atoms with Crippen LogP contribution in [0.4, 0.5) is 0 Å². The molecular weight excluding hydrogens is 250 g/mol. The van der Waals surface area contributed by atoms with Gasteiger partial charge < -0.3 is 16.0 Å². The van der Waals surface area contributed by atoms with Crippen molar-refractivity contribution in [2.75, 3.05) is 32.7 Å². The zero-order chi connectivity index (χ0) is 14.0. The second kappa shape index (κ2) is 8.53. The van der Waals surface area contributed by atoms with Crippen molar-refractivity contribution in [1.82, 2.24) is 15.2 Å². The molecule has 110 valence electrons. The lowest BCUT2D eigenvalue weighted by molar-refractivity contribution is 0.235. The first-order chi connectivity index (χ1) is 9.84. The predicted molar refractivity (Wildman–Crippen MR) is 82.7 cm³/mol. The van der Waals surface area contributed by atoms with Crippen molar-refractivity contribution in [2.45, 2.75) is 25.7 Å². The standard InChI is InChI=1S/C15H25N5/c16-15(18-9-7-14-6-2-3-8-17-14)19-10-13-20-11-4-1-5-12-20/h2-3,6,8H,1,4-5,7,9-13H2,(H3,16,18,19). The van der Waals surface area contributed by atoms with E-state index in [1.807, 2.05) is 24.4 Å². The van der Waals surface area contributed by atoms with E-state index in [4.69, 9.17) is 5.73 Å². The van der Waals surface area contributed by atoms with Crippen LogP contribution in [0.1, 0.15) is 25.0 Å². The van der Waals surface area contributed by atoms with Gasteiger partial charge in [0.15, 0.2) is 5.96 Å². The second-order valence-corrected chi connectivity index (χ2v) is 5.17. The summed E-state index contributed by atoms with van der Waals surface area (Å²) in [5.41, 5.74) is 6.92. The van der Waals surface area contributed by atoms with Crippen LogP contribution in [0.3, 0.4) is 0 Å². The molecule has 0 radical (unpaired) electrons. The molecule has 0 aliphatic carbocycles. The highest BCUT2D eigenvalue weighted by Gasteiger charge is 2.08. The van der Waals surface area contributed by atoms with Crippen LogP contribution in [0.25, 0.3) is 0 Å². The number of hydrogen-bond donors (Lipinski definition) is 2. The normalized spacial score (nSPS) is 17.1. The number of pyridine rings is 1. The number of nitrogens with zero attached hydrogens (tertiary/aromatic N) is 3. The highest BCUT2D eigenvalue weighted by atomic mass is 15.2. The zero-order valence-corrected chi connectivity index (χ0v) is 12.1. The van der Waals surface area contributed by atoms with Crippen molar-refractivity contribution in [1.29, 1.82) is 0 Å². The highest BCUT2D eigenvalue weighted by molar-refractivity contribution is 5.77. The Hall–Kier alpha value is -1.62. The Bertz CT molecular complexity index is 398. The number of likely N-dealkylation sites (tertiary alicyclic amines) is 1. The molecule has 1 aliphatic rings. The number of piperidine rings is 1. The molecule has 0 saturated carbocycles. The van der Waals surface area contributed by atoms with Crippen molar-refractivity contribution >= 4 is 5.96 Å². The first-order valence-corrected chi connectivity index (χ1v) is 7.50. The van der Waals surface area contributed by atoms with E-state index in [1.165, 1.54) is 32.4 Å². The summed E-state index contributed by atoms with van der Waals surface area (Å²) < 4.78 is 0. The van der Waals surface area contributed by atoms with Gasteiger partial charge in [-0.25, -0.2) is 0 Å². The van der Waals surface area contributed by atoms with Crippen LogP contribution in [0.2, 0.25) is 0 Å². The maximum Gasteiger partial charge on any atom is 0.188 e. The molecule has 1 aliphatic heterocycles. The Kier molecular flexibility index (Phi) is 6.31. The van der Waals surface area contributed by atoms with Gasteiger partial charge in [0.05, 0.1) is 6.54 Å². The second-order valence-electron chi connectivity index (χ2n) is 5.17. The Morgan fingerprint density at radius 2 is 2.15 bits per heavy atom. The van der Waals surface area contributed by atoms with Gasteiger partial charge in [-0.3, -0.25) is 9.98 Å². The molecule has 2 heterocycles. The van der Waals surface area contributed by atoms with Crippen molar-refractivity contribution in [3.63, 3.8) is 0 Å². The lowest BCUT2D eigenvalue weighted by atomic mass is 10.1. The largest absolute Gasteiger partial charge is 0.370 e. The van der Waals surface area contributed by atoms with Gasteiger partial charge in [-0.1, -0.05) is 12.5 Å². The molecule has 2 rings (SSSR count). The molecule has 1 fully saturated rings. The van der Waals surface area contributed by atoms with E-state index < -0.39 is 0 Å². The van der Waals surface area contributed by atoms with Gasteiger partial charge in [-0.05, 0) is 38.1 Å². The molecule has 1 aromatic rings. The van der Waals surface area contributed by atoms with E-state index in [2.05, 4.69) is 20.2 Å². The van der Waals surface area contributed by atoms with Crippen molar-refractivity contribution in [3.05, 3.63) is 30.1 Å². The molecule has 3 N–H and O–H groups in total. The number of rotatable bonds is 6. The number of guanidine groups is 1. The van der Waals surface area contributed by atoms with Gasteiger partial charge >= 0.3 is 0 Å². The van der Waals surface area contributed by atoms with Gasteiger partial charge in [0, 0.05) is 31.4 Å². The summed E-state index contributed by atoms with van der Waals surface area (Å²) in [5, 5.41) is 3.14. The van der Waals surface area contributed by atoms with Crippen LogP contribution in [-0.4, -0.2) is 48.6 Å². The number of hydrogen-bond acceptors (Lipinski definition) is 3. The maximum absolute atomic E-state index is 5.85. The lowest BCUT2D eigenvalue weighted by Gasteiger charge is -2.25. The van der Waals surface area contributed by atoms with E-state index in [-0.39, 0.29) is 0 Å². The maximum atomic E-state index is 5.85. The van der Waals surface area contributed by atoms with Crippen LogP contribution in [0.5, 0.6) is 0 Å². The molecule has 5 heteroatoms. The topological polar surface area (TPSA) is 66.5 Å². The summed E-state index contributed by atoms with van der Waals surface area (Å²) in [6.07, 6.45) is 6.69. The minimum atomic E-state index is 0.540. The fraction of sp³-hybridized carbons (Fsp3) is 0.600. The summed E-state index contributed by atoms with van der Waals surface area (Å²) in [7, 11) is 0. The molecular formula is C15H25N5. The van der Waals surface area contributed by atoms with Crippen LogP contribution >= 0.6 is 0 Å². The Morgan fingerprint density at radius 1 is 1.30 bits per heavy atom. The Balaban J connectivity index is 1.59. The zero-order valence-electron chi connectivity index (χ0n) is 12.1. The fourth-order valence-electron chi connectivity index (χ4n) is 2.42. The van der Waals surface area contributed by atoms with E-state index in [0.29, 0.717) is 5.96 Å². The third-order valence-corrected chi connectivity index (χ3v) is 3.56. The summed E-state index contributed by atoms with van der Waals surface area (Å²) in [6, 6.07) is 5.94. The minimum Gasteiger partial charge on any atom is -0.370 e. The van der Waals surface area contributed by atoms with Gasteiger partial charge in [0.25, 0.3) is 0 Å². The molecule has 0 bridgehead atoms. The first kappa shape index (κ1) is 14.8. The predicted octanol–water partition coefficient (Wildman–Crippen LogP) is 1.01. The minimum absolute atomic E-state index is 0.540. The number of nitrogens with two attached hydrogens (primary N) is 1.